The lowest BCUT2D eigenvalue weighted by Gasteiger charge is -2.24. The Morgan fingerprint density at radius 3 is 2.71 bits per heavy atom. The van der Waals surface area contributed by atoms with Crippen molar-refractivity contribution in [1.29, 1.82) is 0 Å². The van der Waals surface area contributed by atoms with Gasteiger partial charge in [0, 0.05) is 11.1 Å². The maximum Gasteiger partial charge on any atom is 0.273 e. The highest BCUT2D eigenvalue weighted by Gasteiger charge is 2.25. The second kappa shape index (κ2) is 6.51. The molecule has 0 aliphatic rings. The number of rotatable bonds is 5. The third-order valence-corrected chi connectivity index (χ3v) is 3.82. The van der Waals surface area contributed by atoms with Crippen LogP contribution < -0.4 is 5.32 Å². The Balaban J connectivity index is 1.66. The molecule has 0 spiro atoms. The molecule has 7 heteroatoms. The maximum atomic E-state index is 12.2. The van der Waals surface area contributed by atoms with Gasteiger partial charge in [0.1, 0.15) is 5.60 Å². The Hall–Kier alpha value is -2.57. The minimum atomic E-state index is -1.24. The molecule has 1 amide bonds. The van der Waals surface area contributed by atoms with Gasteiger partial charge in [-0.2, -0.15) is 0 Å². The van der Waals surface area contributed by atoms with E-state index < -0.39 is 11.5 Å². The topological polar surface area (TPSA) is 88.5 Å². The van der Waals surface area contributed by atoms with Gasteiger partial charge >= 0.3 is 0 Å². The van der Waals surface area contributed by atoms with Crippen LogP contribution in [0.3, 0.4) is 0 Å². The SMILES string of the molecule is CC(O)(CNC(=O)c1cc(-c2ccco2)on1)c1ccc(Cl)cc1. The van der Waals surface area contributed by atoms with Crippen LogP contribution in [0.5, 0.6) is 0 Å². The molecule has 0 fully saturated rings. The summed E-state index contributed by atoms with van der Waals surface area (Å²) < 4.78 is 10.3. The molecule has 0 saturated carbocycles. The first-order valence-corrected chi connectivity index (χ1v) is 7.61. The summed E-state index contributed by atoms with van der Waals surface area (Å²) in [5.74, 6) is 0.384. The molecule has 0 radical (unpaired) electrons. The van der Waals surface area contributed by atoms with E-state index in [9.17, 15) is 9.90 Å². The lowest BCUT2D eigenvalue weighted by molar-refractivity contribution is 0.0524. The standard InChI is InChI=1S/C17H15ClN2O4/c1-17(22,11-4-6-12(18)7-5-11)10-19-16(21)13-9-15(24-20-13)14-3-2-8-23-14/h2-9,22H,10H2,1H3,(H,19,21). The third kappa shape index (κ3) is 3.50. The number of carbonyl (C=O) groups excluding carboxylic acids is 1. The fourth-order valence-corrected chi connectivity index (χ4v) is 2.30. The van der Waals surface area contributed by atoms with E-state index in [-0.39, 0.29) is 12.2 Å². The predicted molar refractivity (Wildman–Crippen MR) is 87.6 cm³/mol. The van der Waals surface area contributed by atoms with Crippen molar-refractivity contribution in [3.05, 3.63) is 65.0 Å². The quantitative estimate of drug-likeness (QED) is 0.740. The van der Waals surface area contributed by atoms with Crippen LogP contribution >= 0.6 is 11.6 Å². The highest BCUT2D eigenvalue weighted by molar-refractivity contribution is 6.30. The Bertz CT molecular complexity index is 823. The van der Waals surface area contributed by atoms with Gasteiger partial charge in [-0.05, 0) is 36.8 Å². The number of halogens is 1. The van der Waals surface area contributed by atoms with Crippen LogP contribution in [0.15, 0.2) is 57.7 Å². The van der Waals surface area contributed by atoms with Gasteiger partial charge in [0.2, 0.25) is 5.76 Å². The molecule has 1 aromatic carbocycles. The molecule has 2 heterocycles. The Morgan fingerprint density at radius 1 is 1.29 bits per heavy atom. The van der Waals surface area contributed by atoms with Crippen molar-refractivity contribution < 1.29 is 18.8 Å². The van der Waals surface area contributed by atoms with Gasteiger partial charge in [-0.25, -0.2) is 0 Å². The molecule has 2 N–H and O–H groups in total. The average Bonchev–Trinajstić information content (AvgIpc) is 3.24. The van der Waals surface area contributed by atoms with Gasteiger partial charge in [-0.3, -0.25) is 4.79 Å². The summed E-state index contributed by atoms with van der Waals surface area (Å²) in [5.41, 5.74) is -0.495. The third-order valence-electron chi connectivity index (χ3n) is 3.57. The Labute approximate surface area is 143 Å². The van der Waals surface area contributed by atoms with Crippen molar-refractivity contribution in [1.82, 2.24) is 10.5 Å². The second-order valence-electron chi connectivity index (χ2n) is 5.52. The molecule has 0 bridgehead atoms. The smallest absolute Gasteiger partial charge is 0.273 e. The molecule has 1 unspecified atom stereocenters. The van der Waals surface area contributed by atoms with Crippen LogP contribution in [0.4, 0.5) is 0 Å². The van der Waals surface area contributed by atoms with E-state index in [1.54, 1.807) is 43.3 Å². The molecule has 124 valence electrons. The number of amides is 1. The summed E-state index contributed by atoms with van der Waals surface area (Å²) in [4.78, 5) is 12.2. The van der Waals surface area contributed by atoms with E-state index in [1.807, 2.05) is 0 Å². The fraction of sp³-hybridized carbons (Fsp3) is 0.176. The molecule has 3 rings (SSSR count). The number of hydrogen-bond donors (Lipinski definition) is 2. The van der Waals surface area contributed by atoms with Gasteiger partial charge in [-0.15, -0.1) is 0 Å². The summed E-state index contributed by atoms with van der Waals surface area (Å²) in [6.45, 7) is 1.62. The lowest BCUT2D eigenvalue weighted by Crippen LogP contribution is -2.38. The normalized spacial score (nSPS) is 13.5. The zero-order valence-corrected chi connectivity index (χ0v) is 13.6. The molecule has 1 atom stereocenters. The molecule has 0 saturated heterocycles. The van der Waals surface area contributed by atoms with E-state index in [4.69, 9.17) is 20.5 Å². The summed E-state index contributed by atoms with van der Waals surface area (Å²) >= 11 is 5.84. The van der Waals surface area contributed by atoms with Crippen molar-refractivity contribution in [3.8, 4) is 11.5 Å². The van der Waals surface area contributed by atoms with E-state index in [1.165, 1.54) is 12.3 Å². The van der Waals surface area contributed by atoms with Crippen molar-refractivity contribution >= 4 is 17.5 Å². The predicted octanol–water partition coefficient (Wildman–Crippen LogP) is 3.23. The molecular weight excluding hydrogens is 332 g/mol. The van der Waals surface area contributed by atoms with Crippen LogP contribution in [-0.2, 0) is 5.60 Å². The molecule has 3 aromatic rings. The summed E-state index contributed by atoms with van der Waals surface area (Å²) in [7, 11) is 0. The van der Waals surface area contributed by atoms with Gasteiger partial charge in [0.05, 0.1) is 12.8 Å². The van der Waals surface area contributed by atoms with E-state index in [0.29, 0.717) is 22.1 Å². The van der Waals surface area contributed by atoms with Crippen molar-refractivity contribution in [3.63, 3.8) is 0 Å². The molecular formula is C17H15ClN2O4. The van der Waals surface area contributed by atoms with Crippen LogP contribution in [0.1, 0.15) is 23.0 Å². The van der Waals surface area contributed by atoms with Crippen LogP contribution in [-0.4, -0.2) is 22.7 Å². The number of furan rings is 1. The van der Waals surface area contributed by atoms with E-state index >= 15 is 0 Å². The van der Waals surface area contributed by atoms with Gasteiger partial charge in [0.15, 0.2) is 11.5 Å². The molecule has 6 nitrogen and oxygen atoms in total. The number of aliphatic hydroxyl groups is 1. The highest BCUT2D eigenvalue weighted by atomic mass is 35.5. The van der Waals surface area contributed by atoms with Crippen LogP contribution in [0.2, 0.25) is 5.02 Å². The van der Waals surface area contributed by atoms with Gasteiger partial charge in [-0.1, -0.05) is 28.9 Å². The van der Waals surface area contributed by atoms with Gasteiger partial charge < -0.3 is 19.4 Å². The first-order valence-electron chi connectivity index (χ1n) is 7.23. The Kier molecular flexibility index (Phi) is 4.42. The van der Waals surface area contributed by atoms with E-state index in [2.05, 4.69) is 10.5 Å². The first-order chi connectivity index (χ1) is 11.5. The second-order valence-corrected chi connectivity index (χ2v) is 5.95. The molecule has 24 heavy (non-hydrogen) atoms. The largest absolute Gasteiger partial charge is 0.461 e. The number of aromatic nitrogens is 1. The van der Waals surface area contributed by atoms with E-state index in [0.717, 1.165) is 0 Å². The highest BCUT2D eigenvalue weighted by Crippen LogP contribution is 2.23. The fourth-order valence-electron chi connectivity index (χ4n) is 2.17. The monoisotopic (exact) mass is 346 g/mol. The zero-order valence-electron chi connectivity index (χ0n) is 12.8. The first kappa shape index (κ1) is 16.3. The van der Waals surface area contributed by atoms with Gasteiger partial charge in [0.25, 0.3) is 5.91 Å². The van der Waals surface area contributed by atoms with Crippen LogP contribution in [0.25, 0.3) is 11.5 Å². The van der Waals surface area contributed by atoms with Crippen LogP contribution in [0, 0.1) is 0 Å². The lowest BCUT2D eigenvalue weighted by atomic mass is 9.96. The molecule has 2 aromatic heterocycles. The maximum absolute atomic E-state index is 12.2. The molecule has 0 aliphatic carbocycles. The van der Waals surface area contributed by atoms with Crippen molar-refractivity contribution in [2.75, 3.05) is 6.54 Å². The minimum absolute atomic E-state index is 0.0103. The van der Waals surface area contributed by atoms with Crippen molar-refractivity contribution in [2.45, 2.75) is 12.5 Å². The number of nitrogens with one attached hydrogen (secondary N) is 1. The number of benzene rings is 1. The average molecular weight is 347 g/mol. The summed E-state index contributed by atoms with van der Waals surface area (Å²) in [6.07, 6.45) is 1.50. The Morgan fingerprint density at radius 2 is 2.04 bits per heavy atom. The number of nitrogens with zero attached hydrogens (tertiary/aromatic N) is 1. The number of carbonyl (C=O) groups is 1. The minimum Gasteiger partial charge on any atom is -0.461 e. The van der Waals surface area contributed by atoms with Crippen molar-refractivity contribution in [2.24, 2.45) is 0 Å². The summed E-state index contributed by atoms with van der Waals surface area (Å²) in [6, 6.07) is 11.7. The summed E-state index contributed by atoms with van der Waals surface area (Å²) in [5, 5.41) is 17.4. The molecule has 0 aliphatic heterocycles. The zero-order chi connectivity index (χ0) is 17.2. The number of hydrogen-bond acceptors (Lipinski definition) is 5.